The van der Waals surface area contributed by atoms with Crippen LogP contribution in [0.2, 0.25) is 0 Å². The maximum absolute atomic E-state index is 8.72. The highest BCUT2D eigenvalue weighted by molar-refractivity contribution is 6.06. The van der Waals surface area contributed by atoms with Crippen LogP contribution in [0.5, 0.6) is 0 Å². The Labute approximate surface area is 144 Å². The fourth-order valence-electron chi connectivity index (χ4n) is 2.00. The Hall–Kier alpha value is -3.86. The van der Waals surface area contributed by atoms with E-state index in [-0.39, 0.29) is 5.69 Å². The Bertz CT molecular complexity index is 896. The highest BCUT2D eigenvalue weighted by atomic mass is 15.1. The molecule has 3 aromatic rings. The second kappa shape index (κ2) is 7.61. The number of anilines is 3. The van der Waals surface area contributed by atoms with Gasteiger partial charge in [-0.2, -0.15) is 5.26 Å². The first-order valence-corrected chi connectivity index (χ1v) is 7.39. The molecule has 0 spiro atoms. The number of pyridine rings is 2. The van der Waals surface area contributed by atoms with Crippen LogP contribution in [0.25, 0.3) is 0 Å². The van der Waals surface area contributed by atoms with Gasteiger partial charge in [-0.1, -0.05) is 6.07 Å². The number of aromatic nitrogens is 4. The molecule has 3 rings (SSSR count). The minimum atomic E-state index is 0.263. The van der Waals surface area contributed by atoms with Crippen molar-refractivity contribution in [3.8, 4) is 6.07 Å². The molecular weight excluding hydrogens is 316 g/mol. The van der Waals surface area contributed by atoms with Gasteiger partial charge in [0.05, 0.1) is 24.3 Å². The third-order valence-electron chi connectivity index (χ3n) is 3.18. The van der Waals surface area contributed by atoms with Gasteiger partial charge in [-0.05, 0) is 24.3 Å². The number of nitrogens with one attached hydrogen (secondary N) is 2. The third-order valence-corrected chi connectivity index (χ3v) is 3.18. The lowest BCUT2D eigenvalue weighted by Crippen LogP contribution is -2.15. The second-order valence-electron chi connectivity index (χ2n) is 4.87. The van der Waals surface area contributed by atoms with Crippen LogP contribution < -0.4 is 10.6 Å². The summed E-state index contributed by atoms with van der Waals surface area (Å²) in [5.41, 5.74) is 1.79. The van der Waals surface area contributed by atoms with Crippen molar-refractivity contribution in [1.82, 2.24) is 19.9 Å². The van der Waals surface area contributed by atoms with E-state index in [1.165, 1.54) is 12.4 Å². The van der Waals surface area contributed by atoms with E-state index in [2.05, 4.69) is 35.6 Å². The second-order valence-corrected chi connectivity index (χ2v) is 4.87. The van der Waals surface area contributed by atoms with Crippen molar-refractivity contribution in [1.29, 1.82) is 5.26 Å². The van der Waals surface area contributed by atoms with E-state index in [9.17, 15) is 0 Å². The molecule has 0 radical (unpaired) electrons. The SMILES string of the molecule is CN=C(Nc1ccc(Nc2cnc(C#N)cn2)nc1)c1ccccn1. The highest BCUT2D eigenvalue weighted by Gasteiger charge is 2.05. The Morgan fingerprint density at radius 2 is 1.88 bits per heavy atom. The zero-order chi connectivity index (χ0) is 17.5. The van der Waals surface area contributed by atoms with Crippen LogP contribution in [0.3, 0.4) is 0 Å². The summed E-state index contributed by atoms with van der Waals surface area (Å²) in [6.07, 6.45) is 6.27. The number of nitriles is 1. The lowest BCUT2D eigenvalue weighted by atomic mass is 10.3. The van der Waals surface area contributed by atoms with Crippen molar-refractivity contribution in [2.45, 2.75) is 0 Å². The van der Waals surface area contributed by atoms with Gasteiger partial charge in [-0.3, -0.25) is 9.98 Å². The number of hydrogen-bond acceptors (Lipinski definition) is 7. The molecule has 0 aliphatic heterocycles. The Morgan fingerprint density at radius 3 is 2.48 bits per heavy atom. The summed E-state index contributed by atoms with van der Waals surface area (Å²) in [7, 11) is 1.70. The quantitative estimate of drug-likeness (QED) is 0.558. The molecule has 2 N–H and O–H groups in total. The normalized spacial score (nSPS) is 10.8. The molecule has 3 heterocycles. The van der Waals surface area contributed by atoms with Gasteiger partial charge in [0.1, 0.15) is 23.4 Å². The summed E-state index contributed by atoms with van der Waals surface area (Å²) in [5.74, 6) is 1.77. The molecule has 25 heavy (non-hydrogen) atoms. The summed E-state index contributed by atoms with van der Waals surface area (Å²) in [5, 5.41) is 14.9. The zero-order valence-electron chi connectivity index (χ0n) is 13.4. The molecule has 0 aromatic carbocycles. The number of hydrogen-bond donors (Lipinski definition) is 2. The molecule has 0 unspecified atom stereocenters. The first-order chi connectivity index (χ1) is 12.3. The largest absolute Gasteiger partial charge is 0.337 e. The summed E-state index contributed by atoms with van der Waals surface area (Å²) in [6, 6.07) is 11.2. The smallest absolute Gasteiger partial charge is 0.158 e. The van der Waals surface area contributed by atoms with Crippen molar-refractivity contribution in [3.05, 3.63) is 66.5 Å². The van der Waals surface area contributed by atoms with Crippen LogP contribution in [0.4, 0.5) is 17.3 Å². The van der Waals surface area contributed by atoms with E-state index in [4.69, 9.17) is 5.26 Å². The van der Waals surface area contributed by atoms with Gasteiger partial charge in [0.25, 0.3) is 0 Å². The Balaban J connectivity index is 1.68. The average molecular weight is 330 g/mol. The third kappa shape index (κ3) is 4.11. The minimum absolute atomic E-state index is 0.263. The van der Waals surface area contributed by atoms with E-state index in [1.807, 2.05) is 30.3 Å². The van der Waals surface area contributed by atoms with Crippen LogP contribution in [-0.4, -0.2) is 32.8 Å². The minimum Gasteiger partial charge on any atom is -0.337 e. The van der Waals surface area contributed by atoms with Crippen molar-refractivity contribution < 1.29 is 0 Å². The van der Waals surface area contributed by atoms with Gasteiger partial charge >= 0.3 is 0 Å². The maximum atomic E-state index is 8.72. The van der Waals surface area contributed by atoms with Crippen LogP contribution >= 0.6 is 0 Å². The zero-order valence-corrected chi connectivity index (χ0v) is 13.4. The molecule has 8 nitrogen and oxygen atoms in total. The molecule has 8 heteroatoms. The van der Waals surface area contributed by atoms with Gasteiger partial charge in [-0.25, -0.2) is 15.0 Å². The fourth-order valence-corrected chi connectivity index (χ4v) is 2.00. The molecule has 0 atom stereocenters. The standard InChI is InChI=1S/C17H14N8/c1-19-17(14-4-2-3-7-20-14)24-12-5-6-15(22-9-12)25-16-11-21-13(8-18)10-23-16/h2-7,9-11H,1H3,(H,19,24)(H,22,23,25). The van der Waals surface area contributed by atoms with Gasteiger partial charge in [0.2, 0.25) is 0 Å². The highest BCUT2D eigenvalue weighted by Crippen LogP contribution is 2.14. The molecule has 0 saturated carbocycles. The van der Waals surface area contributed by atoms with Crippen LogP contribution in [-0.2, 0) is 0 Å². The van der Waals surface area contributed by atoms with Crippen LogP contribution in [0, 0.1) is 11.3 Å². The monoisotopic (exact) mass is 330 g/mol. The molecule has 122 valence electrons. The molecule has 0 bridgehead atoms. The van der Waals surface area contributed by atoms with Gasteiger partial charge in [0, 0.05) is 13.2 Å². The summed E-state index contributed by atoms with van der Waals surface area (Å²) in [6.45, 7) is 0. The summed E-state index contributed by atoms with van der Waals surface area (Å²) >= 11 is 0. The molecular formula is C17H14N8. The van der Waals surface area contributed by atoms with Crippen molar-refractivity contribution in [2.75, 3.05) is 17.7 Å². The number of aliphatic imine (C=N–C) groups is 1. The first-order valence-electron chi connectivity index (χ1n) is 7.39. The summed E-state index contributed by atoms with van der Waals surface area (Å²) in [4.78, 5) is 20.8. The van der Waals surface area contributed by atoms with Crippen LogP contribution in [0.15, 0.2) is 60.1 Å². The molecule has 0 aliphatic carbocycles. The number of nitrogens with zero attached hydrogens (tertiary/aromatic N) is 6. The predicted octanol–water partition coefficient (Wildman–Crippen LogP) is 2.37. The fraction of sp³-hybridized carbons (Fsp3) is 0.0588. The average Bonchev–Trinajstić information content (AvgIpc) is 2.68. The maximum Gasteiger partial charge on any atom is 0.158 e. The predicted molar refractivity (Wildman–Crippen MR) is 94.6 cm³/mol. The van der Waals surface area contributed by atoms with Gasteiger partial charge < -0.3 is 10.6 Å². The van der Waals surface area contributed by atoms with Crippen molar-refractivity contribution >= 4 is 23.2 Å². The lowest BCUT2D eigenvalue weighted by Gasteiger charge is -2.09. The van der Waals surface area contributed by atoms with Gasteiger partial charge in [-0.15, -0.1) is 0 Å². The van der Waals surface area contributed by atoms with E-state index in [0.29, 0.717) is 17.5 Å². The first kappa shape index (κ1) is 16.0. The Kier molecular flexibility index (Phi) is 4.87. The summed E-state index contributed by atoms with van der Waals surface area (Å²) < 4.78 is 0. The van der Waals surface area contributed by atoms with E-state index in [0.717, 1.165) is 11.4 Å². The van der Waals surface area contributed by atoms with Crippen molar-refractivity contribution in [3.63, 3.8) is 0 Å². The molecule has 3 aromatic heterocycles. The molecule has 0 fully saturated rings. The van der Waals surface area contributed by atoms with Gasteiger partial charge in [0.15, 0.2) is 11.5 Å². The van der Waals surface area contributed by atoms with E-state index in [1.54, 1.807) is 25.5 Å². The topological polar surface area (TPSA) is 112 Å². The molecule has 0 saturated heterocycles. The number of amidine groups is 1. The molecule has 0 amide bonds. The number of rotatable bonds is 4. The Morgan fingerprint density at radius 1 is 1.00 bits per heavy atom. The molecule has 0 aliphatic rings. The van der Waals surface area contributed by atoms with Crippen LogP contribution in [0.1, 0.15) is 11.4 Å². The van der Waals surface area contributed by atoms with E-state index >= 15 is 0 Å². The van der Waals surface area contributed by atoms with Crippen molar-refractivity contribution in [2.24, 2.45) is 4.99 Å². The van der Waals surface area contributed by atoms with E-state index < -0.39 is 0 Å². The lowest BCUT2D eigenvalue weighted by molar-refractivity contribution is 1.15.